The molecule has 7 heteroatoms. The average Bonchev–Trinajstić information content (AvgIpc) is 3.18. The molecule has 2 aromatic heterocycles. The molecule has 0 saturated carbocycles. The lowest BCUT2D eigenvalue weighted by atomic mass is 10.0. The smallest absolute Gasteiger partial charge is 0.262 e. The number of carbonyl (C=O) groups is 1. The summed E-state index contributed by atoms with van der Waals surface area (Å²) in [5.41, 5.74) is 1.85. The number of carbonyl (C=O) groups excluding carboxylic acids is 1. The first-order valence-corrected chi connectivity index (χ1v) is 11.8. The summed E-state index contributed by atoms with van der Waals surface area (Å²) in [7, 11) is 4.07. The third-order valence-electron chi connectivity index (χ3n) is 6.14. The van der Waals surface area contributed by atoms with E-state index in [4.69, 9.17) is 0 Å². The van der Waals surface area contributed by atoms with Gasteiger partial charge in [0.1, 0.15) is 4.83 Å². The van der Waals surface area contributed by atoms with Crippen molar-refractivity contribution in [3.63, 3.8) is 0 Å². The first-order valence-electron chi connectivity index (χ1n) is 10.9. The van der Waals surface area contributed by atoms with Crippen LogP contribution in [0, 0.1) is 0 Å². The van der Waals surface area contributed by atoms with Gasteiger partial charge in [-0.2, -0.15) is 0 Å². The van der Waals surface area contributed by atoms with Crippen molar-refractivity contribution in [2.75, 3.05) is 27.2 Å². The molecule has 1 amide bonds. The molecule has 0 N–H and O–H groups in total. The summed E-state index contributed by atoms with van der Waals surface area (Å²) in [5, 5.41) is 2.79. The fourth-order valence-corrected chi connectivity index (χ4v) is 5.68. The van der Waals surface area contributed by atoms with Crippen molar-refractivity contribution in [2.24, 2.45) is 0 Å². The van der Waals surface area contributed by atoms with Gasteiger partial charge >= 0.3 is 0 Å². The maximum atomic E-state index is 13.4. The number of amides is 1. The molecule has 3 heterocycles. The second-order valence-corrected chi connectivity index (χ2v) is 9.67. The molecular formula is C25H26N4O2S. The Labute approximate surface area is 190 Å². The van der Waals surface area contributed by atoms with E-state index in [-0.39, 0.29) is 11.5 Å². The standard InChI is InChI=1S/C25H26N4O2S/c1-27(2)12-6-13-29-16-26-23-22(25(29)31)20-11-14-28(15-21(20)32-23)24(30)19-10-5-8-17-7-3-4-9-18(17)19/h3-5,7-10,16H,6,11-15H2,1-2H3. The van der Waals surface area contributed by atoms with Gasteiger partial charge < -0.3 is 9.80 Å². The lowest BCUT2D eigenvalue weighted by Crippen LogP contribution is -2.35. The van der Waals surface area contributed by atoms with Gasteiger partial charge in [-0.1, -0.05) is 36.4 Å². The normalized spacial score (nSPS) is 13.8. The van der Waals surface area contributed by atoms with Crippen LogP contribution in [0.25, 0.3) is 21.0 Å². The number of benzene rings is 2. The molecule has 164 valence electrons. The fraction of sp³-hybridized carbons (Fsp3) is 0.320. The molecule has 0 radical (unpaired) electrons. The summed E-state index contributed by atoms with van der Waals surface area (Å²) in [6, 6.07) is 13.9. The lowest BCUT2D eigenvalue weighted by molar-refractivity contribution is 0.0739. The van der Waals surface area contributed by atoms with Crippen molar-refractivity contribution >= 4 is 38.2 Å². The molecule has 0 spiro atoms. The van der Waals surface area contributed by atoms with Crippen LogP contribution >= 0.6 is 11.3 Å². The molecule has 6 nitrogen and oxygen atoms in total. The number of thiophene rings is 1. The number of hydrogen-bond acceptors (Lipinski definition) is 5. The predicted octanol–water partition coefficient (Wildman–Crippen LogP) is 3.76. The summed E-state index contributed by atoms with van der Waals surface area (Å²) in [6.45, 7) is 2.72. The molecule has 2 aromatic carbocycles. The molecule has 5 rings (SSSR count). The first kappa shape index (κ1) is 20.8. The van der Waals surface area contributed by atoms with Gasteiger partial charge in [0.2, 0.25) is 0 Å². The minimum Gasteiger partial charge on any atom is -0.333 e. The Balaban J connectivity index is 1.43. The third-order valence-corrected chi connectivity index (χ3v) is 7.26. The first-order chi connectivity index (χ1) is 15.5. The molecule has 0 aliphatic carbocycles. The van der Waals surface area contributed by atoms with Crippen LogP contribution in [0.3, 0.4) is 0 Å². The van der Waals surface area contributed by atoms with E-state index in [0.717, 1.165) is 50.0 Å². The summed E-state index contributed by atoms with van der Waals surface area (Å²) >= 11 is 1.54. The highest BCUT2D eigenvalue weighted by molar-refractivity contribution is 7.18. The minimum absolute atomic E-state index is 0.0407. The maximum Gasteiger partial charge on any atom is 0.262 e. The van der Waals surface area contributed by atoms with E-state index in [1.165, 1.54) is 0 Å². The second kappa shape index (κ2) is 8.48. The highest BCUT2D eigenvalue weighted by Crippen LogP contribution is 2.33. The quantitative estimate of drug-likeness (QED) is 0.468. The van der Waals surface area contributed by atoms with Crippen LogP contribution in [0.2, 0.25) is 0 Å². The fourth-order valence-electron chi connectivity index (χ4n) is 4.49. The summed E-state index contributed by atoms with van der Waals surface area (Å²) in [5.74, 6) is 0.0407. The zero-order chi connectivity index (χ0) is 22.2. The topological polar surface area (TPSA) is 58.4 Å². The van der Waals surface area contributed by atoms with E-state index in [2.05, 4.69) is 9.88 Å². The maximum absolute atomic E-state index is 13.4. The van der Waals surface area contributed by atoms with Crippen LogP contribution in [-0.2, 0) is 19.5 Å². The monoisotopic (exact) mass is 446 g/mol. The van der Waals surface area contributed by atoms with Gasteiger partial charge in [-0.3, -0.25) is 14.2 Å². The van der Waals surface area contributed by atoms with Crippen molar-refractivity contribution in [3.8, 4) is 0 Å². The average molecular weight is 447 g/mol. The van der Waals surface area contributed by atoms with Gasteiger partial charge in [0, 0.05) is 23.5 Å². The van der Waals surface area contributed by atoms with Crippen LogP contribution in [0.4, 0.5) is 0 Å². The Hall–Kier alpha value is -3.03. The van der Waals surface area contributed by atoms with E-state index >= 15 is 0 Å². The number of nitrogens with zero attached hydrogens (tertiary/aromatic N) is 4. The summed E-state index contributed by atoms with van der Waals surface area (Å²) < 4.78 is 1.73. The number of aryl methyl sites for hydroxylation is 1. The summed E-state index contributed by atoms with van der Waals surface area (Å²) in [4.78, 5) is 37.0. The summed E-state index contributed by atoms with van der Waals surface area (Å²) in [6.07, 6.45) is 3.26. The van der Waals surface area contributed by atoms with Crippen molar-refractivity contribution < 1.29 is 4.79 Å². The van der Waals surface area contributed by atoms with E-state index < -0.39 is 0 Å². The van der Waals surface area contributed by atoms with Crippen LogP contribution in [0.5, 0.6) is 0 Å². The Morgan fingerprint density at radius 1 is 1.16 bits per heavy atom. The zero-order valence-corrected chi connectivity index (χ0v) is 19.2. The number of hydrogen-bond donors (Lipinski definition) is 0. The van der Waals surface area contributed by atoms with E-state index in [9.17, 15) is 9.59 Å². The van der Waals surface area contributed by atoms with Gasteiger partial charge in [-0.25, -0.2) is 4.98 Å². The molecular weight excluding hydrogens is 420 g/mol. The molecule has 0 bridgehead atoms. The molecule has 4 aromatic rings. The molecule has 0 atom stereocenters. The van der Waals surface area contributed by atoms with E-state index in [0.29, 0.717) is 26.1 Å². The van der Waals surface area contributed by atoms with Crippen LogP contribution in [0.15, 0.2) is 53.6 Å². The van der Waals surface area contributed by atoms with Crippen LogP contribution < -0.4 is 5.56 Å². The number of fused-ring (bicyclic) bond motifs is 4. The largest absolute Gasteiger partial charge is 0.333 e. The molecule has 0 fully saturated rings. The second-order valence-electron chi connectivity index (χ2n) is 8.59. The highest BCUT2D eigenvalue weighted by Gasteiger charge is 2.27. The van der Waals surface area contributed by atoms with E-state index in [1.54, 1.807) is 22.2 Å². The van der Waals surface area contributed by atoms with Crippen molar-refractivity contribution in [3.05, 3.63) is 75.1 Å². The van der Waals surface area contributed by atoms with Gasteiger partial charge in [-0.15, -0.1) is 11.3 Å². The Morgan fingerprint density at radius 2 is 1.97 bits per heavy atom. The van der Waals surface area contributed by atoms with Crippen LogP contribution in [0.1, 0.15) is 27.2 Å². The minimum atomic E-state index is 0.0407. The van der Waals surface area contributed by atoms with Gasteiger partial charge in [0.05, 0.1) is 18.3 Å². The Morgan fingerprint density at radius 3 is 2.81 bits per heavy atom. The molecule has 0 unspecified atom stereocenters. The molecule has 1 aliphatic heterocycles. The van der Waals surface area contributed by atoms with Crippen molar-refractivity contribution in [1.29, 1.82) is 0 Å². The molecule has 0 saturated heterocycles. The highest BCUT2D eigenvalue weighted by atomic mass is 32.1. The lowest BCUT2D eigenvalue weighted by Gasteiger charge is -2.27. The van der Waals surface area contributed by atoms with Crippen molar-refractivity contribution in [1.82, 2.24) is 19.4 Å². The number of rotatable bonds is 5. The SMILES string of the molecule is CN(C)CCCn1cnc2sc3c(c2c1=O)CCN(C(=O)c1cccc2ccccc12)C3. The third kappa shape index (κ3) is 3.72. The van der Waals surface area contributed by atoms with Crippen LogP contribution in [-0.4, -0.2) is 52.4 Å². The van der Waals surface area contributed by atoms with Gasteiger partial charge in [0.25, 0.3) is 11.5 Å². The van der Waals surface area contributed by atoms with E-state index in [1.807, 2.05) is 61.5 Å². The Kier molecular flexibility index (Phi) is 5.53. The van der Waals surface area contributed by atoms with Gasteiger partial charge in [-0.05, 0) is 55.9 Å². The van der Waals surface area contributed by atoms with Gasteiger partial charge in [0.15, 0.2) is 0 Å². The number of aromatic nitrogens is 2. The molecule has 32 heavy (non-hydrogen) atoms. The molecule has 1 aliphatic rings. The Bertz CT molecular complexity index is 1370. The van der Waals surface area contributed by atoms with Crippen molar-refractivity contribution in [2.45, 2.75) is 25.9 Å². The zero-order valence-electron chi connectivity index (χ0n) is 18.4. The predicted molar refractivity (Wildman–Crippen MR) is 129 cm³/mol.